The van der Waals surface area contributed by atoms with Gasteiger partial charge in [-0.05, 0) is 38.5 Å². The van der Waals surface area contributed by atoms with Gasteiger partial charge in [0.2, 0.25) is 5.91 Å². The number of hydrogen-bond donors (Lipinski definition) is 1. The van der Waals surface area contributed by atoms with Crippen LogP contribution in [0.25, 0.3) is 5.65 Å². The van der Waals surface area contributed by atoms with Gasteiger partial charge in [0, 0.05) is 40.1 Å². The first kappa shape index (κ1) is 19.5. The number of hydrogen-bond acceptors (Lipinski definition) is 3. The zero-order valence-electron chi connectivity index (χ0n) is 15.5. The van der Waals surface area contributed by atoms with E-state index in [4.69, 9.17) is 23.2 Å². The number of H-pyrrole nitrogens is 1. The summed E-state index contributed by atoms with van der Waals surface area (Å²) in [5.41, 5.74) is 3.45. The number of fused-ring (bicyclic) bond motifs is 1. The van der Waals surface area contributed by atoms with Gasteiger partial charge >= 0.3 is 0 Å². The van der Waals surface area contributed by atoms with E-state index in [0.29, 0.717) is 15.7 Å². The Bertz CT molecular complexity index is 1090. The van der Waals surface area contributed by atoms with Crippen molar-refractivity contribution >= 4 is 34.8 Å². The van der Waals surface area contributed by atoms with E-state index in [1.807, 2.05) is 26.8 Å². The number of carbonyl (C=O) groups excluding carboxylic acids is 1. The van der Waals surface area contributed by atoms with Gasteiger partial charge in [-0.2, -0.15) is 0 Å². The van der Waals surface area contributed by atoms with E-state index in [1.54, 1.807) is 28.6 Å². The maximum Gasteiger partial charge on any atom is 0.266 e. The maximum absolute atomic E-state index is 12.9. The molecule has 6 nitrogen and oxygen atoms in total. The predicted molar refractivity (Wildman–Crippen MR) is 107 cm³/mol. The second kappa shape index (κ2) is 7.37. The smallest absolute Gasteiger partial charge is 0.266 e. The van der Waals surface area contributed by atoms with Gasteiger partial charge < -0.3 is 4.90 Å². The van der Waals surface area contributed by atoms with Crippen LogP contribution in [0, 0.1) is 13.8 Å². The molecule has 8 heteroatoms. The zero-order valence-corrected chi connectivity index (χ0v) is 17.0. The van der Waals surface area contributed by atoms with Gasteiger partial charge in [0.25, 0.3) is 5.56 Å². The standard InChI is InChI=1S/C19H20Cl2N4O2/c1-10-15(12(3)25-17(22-10)9-18(26)23-25)8-19(27)24(4)11(2)14-6-5-13(20)7-16(14)21/h5-7,9,11H,8H2,1-4H3,(H,23,26). The van der Waals surface area contributed by atoms with Crippen molar-refractivity contribution < 1.29 is 4.79 Å². The molecule has 3 rings (SSSR count). The van der Waals surface area contributed by atoms with Gasteiger partial charge in [-0.25, -0.2) is 9.50 Å². The molecule has 3 aromatic rings. The molecule has 0 bridgehead atoms. The summed E-state index contributed by atoms with van der Waals surface area (Å²) in [4.78, 5) is 30.6. The second-order valence-corrected chi connectivity index (χ2v) is 7.44. The van der Waals surface area contributed by atoms with Crippen LogP contribution < -0.4 is 5.56 Å². The fourth-order valence-electron chi connectivity index (χ4n) is 3.15. The molecule has 0 aliphatic carbocycles. The summed E-state index contributed by atoms with van der Waals surface area (Å²) in [5.74, 6) is -0.0737. The lowest BCUT2D eigenvalue weighted by atomic mass is 10.0. The minimum absolute atomic E-state index is 0.0737. The minimum atomic E-state index is -0.225. The molecule has 1 aromatic carbocycles. The Hall–Kier alpha value is -2.31. The number of aromatic amines is 1. The summed E-state index contributed by atoms with van der Waals surface area (Å²) in [7, 11) is 1.74. The average Bonchev–Trinajstić information content (AvgIpc) is 2.97. The molecule has 0 fully saturated rings. The van der Waals surface area contributed by atoms with E-state index in [-0.39, 0.29) is 23.9 Å². The molecule has 0 aliphatic rings. The van der Waals surface area contributed by atoms with Crippen molar-refractivity contribution in [2.45, 2.75) is 33.2 Å². The molecule has 0 saturated carbocycles. The predicted octanol–water partition coefficient (Wildman–Crippen LogP) is 3.71. The highest BCUT2D eigenvalue weighted by molar-refractivity contribution is 6.35. The van der Waals surface area contributed by atoms with Gasteiger partial charge in [-0.15, -0.1) is 0 Å². The summed E-state index contributed by atoms with van der Waals surface area (Å²) in [6.07, 6.45) is 0.173. The Labute approximate surface area is 166 Å². The molecule has 2 heterocycles. The number of aryl methyl sites for hydroxylation is 2. The molecule has 1 atom stereocenters. The van der Waals surface area contributed by atoms with Crippen molar-refractivity contribution in [3.8, 4) is 0 Å². The lowest BCUT2D eigenvalue weighted by Crippen LogP contribution is -2.31. The second-order valence-electron chi connectivity index (χ2n) is 6.60. The van der Waals surface area contributed by atoms with Gasteiger partial charge in [-0.3, -0.25) is 14.7 Å². The quantitative estimate of drug-likeness (QED) is 0.717. The molecule has 1 amide bonds. The highest BCUT2D eigenvalue weighted by Crippen LogP contribution is 2.29. The van der Waals surface area contributed by atoms with Gasteiger partial charge in [0.15, 0.2) is 5.65 Å². The number of carbonyl (C=O) groups is 1. The van der Waals surface area contributed by atoms with Crippen LogP contribution in [0.1, 0.15) is 35.5 Å². The largest absolute Gasteiger partial charge is 0.339 e. The van der Waals surface area contributed by atoms with Crippen molar-refractivity contribution in [1.82, 2.24) is 19.5 Å². The normalized spacial score (nSPS) is 12.4. The molecule has 1 N–H and O–H groups in total. The Morgan fingerprint density at radius 3 is 2.67 bits per heavy atom. The Morgan fingerprint density at radius 2 is 2.00 bits per heavy atom. The number of nitrogens with zero attached hydrogens (tertiary/aromatic N) is 3. The van der Waals surface area contributed by atoms with Crippen molar-refractivity contribution in [3.63, 3.8) is 0 Å². The Balaban J connectivity index is 1.88. The van der Waals surface area contributed by atoms with Gasteiger partial charge in [0.05, 0.1) is 12.5 Å². The summed E-state index contributed by atoms with van der Waals surface area (Å²) < 4.78 is 1.61. The summed E-state index contributed by atoms with van der Waals surface area (Å²) in [6.45, 7) is 5.61. The van der Waals surface area contributed by atoms with Gasteiger partial charge in [-0.1, -0.05) is 29.3 Å². The van der Waals surface area contributed by atoms with E-state index in [9.17, 15) is 9.59 Å². The first-order chi connectivity index (χ1) is 12.7. The van der Waals surface area contributed by atoms with E-state index < -0.39 is 0 Å². The van der Waals surface area contributed by atoms with Crippen molar-refractivity contribution in [2.24, 2.45) is 0 Å². The van der Waals surface area contributed by atoms with Crippen LogP contribution in [0.5, 0.6) is 0 Å². The molecule has 1 unspecified atom stereocenters. The number of halogens is 2. The average molecular weight is 407 g/mol. The molecule has 0 saturated heterocycles. The number of rotatable bonds is 4. The van der Waals surface area contributed by atoms with Crippen LogP contribution in [0.2, 0.25) is 10.0 Å². The molecule has 27 heavy (non-hydrogen) atoms. The molecule has 0 aliphatic heterocycles. The van der Waals surface area contributed by atoms with Crippen molar-refractivity contribution in [3.05, 3.63) is 67.2 Å². The highest BCUT2D eigenvalue weighted by Gasteiger charge is 2.22. The molecular weight excluding hydrogens is 387 g/mol. The van der Waals surface area contributed by atoms with E-state index in [0.717, 1.165) is 22.5 Å². The summed E-state index contributed by atoms with van der Waals surface area (Å²) >= 11 is 12.2. The van der Waals surface area contributed by atoms with Crippen LogP contribution in [-0.2, 0) is 11.2 Å². The molecule has 0 spiro atoms. The fourth-order valence-corrected chi connectivity index (χ4v) is 3.72. The fraction of sp³-hybridized carbons (Fsp3) is 0.316. The minimum Gasteiger partial charge on any atom is -0.339 e. The topological polar surface area (TPSA) is 70.5 Å². The Morgan fingerprint density at radius 1 is 1.30 bits per heavy atom. The third-order valence-electron chi connectivity index (χ3n) is 4.92. The lowest BCUT2D eigenvalue weighted by molar-refractivity contribution is -0.131. The van der Waals surface area contributed by atoms with Crippen LogP contribution in [-0.4, -0.2) is 32.5 Å². The van der Waals surface area contributed by atoms with E-state index in [2.05, 4.69) is 10.1 Å². The maximum atomic E-state index is 12.9. The first-order valence-electron chi connectivity index (χ1n) is 8.47. The van der Waals surface area contributed by atoms with Crippen LogP contribution in [0.15, 0.2) is 29.1 Å². The van der Waals surface area contributed by atoms with Crippen molar-refractivity contribution in [2.75, 3.05) is 7.05 Å². The SMILES string of the molecule is Cc1nc2cc(=O)[nH]n2c(C)c1CC(=O)N(C)C(C)c1ccc(Cl)cc1Cl. The number of benzene rings is 1. The van der Waals surface area contributed by atoms with Gasteiger partial charge in [0.1, 0.15) is 0 Å². The third-order valence-corrected chi connectivity index (χ3v) is 5.48. The van der Waals surface area contributed by atoms with Crippen LogP contribution >= 0.6 is 23.2 Å². The lowest BCUT2D eigenvalue weighted by Gasteiger charge is -2.27. The molecular formula is C19H20Cl2N4O2. The third kappa shape index (κ3) is 3.73. The number of likely N-dealkylation sites (N-methyl/N-ethyl adjacent to an activating group) is 1. The van der Waals surface area contributed by atoms with Crippen LogP contribution in [0.3, 0.4) is 0 Å². The number of nitrogens with one attached hydrogen (secondary N) is 1. The summed E-state index contributed by atoms with van der Waals surface area (Å²) in [6, 6.07) is 6.47. The Kier molecular flexibility index (Phi) is 5.31. The number of aromatic nitrogens is 3. The zero-order chi connectivity index (χ0) is 19.9. The summed E-state index contributed by atoms with van der Waals surface area (Å²) in [5, 5.41) is 3.78. The molecule has 2 aromatic heterocycles. The van der Waals surface area contributed by atoms with E-state index >= 15 is 0 Å². The van der Waals surface area contributed by atoms with Crippen molar-refractivity contribution in [1.29, 1.82) is 0 Å². The monoisotopic (exact) mass is 406 g/mol. The highest BCUT2D eigenvalue weighted by atomic mass is 35.5. The molecule has 142 valence electrons. The first-order valence-corrected chi connectivity index (χ1v) is 9.23. The van der Waals surface area contributed by atoms with E-state index in [1.165, 1.54) is 6.07 Å². The van der Waals surface area contributed by atoms with Crippen LogP contribution in [0.4, 0.5) is 0 Å². The molecule has 0 radical (unpaired) electrons. The number of amides is 1.